The Morgan fingerprint density at radius 1 is 0.741 bits per heavy atom. The molecule has 2 aliphatic heterocycles. The Hall–Kier alpha value is -5.18. The van der Waals surface area contributed by atoms with E-state index in [1.165, 1.54) is 14.2 Å². The molecule has 4 heterocycles. The van der Waals surface area contributed by atoms with Crippen LogP contribution in [-0.2, 0) is 19.1 Å². The molecule has 5 rings (SSSR count). The highest BCUT2D eigenvalue weighted by molar-refractivity contribution is 5.87. The van der Waals surface area contributed by atoms with Gasteiger partial charge in [0.05, 0.1) is 44.4 Å². The smallest absolute Gasteiger partial charge is 0.407 e. The van der Waals surface area contributed by atoms with E-state index < -0.39 is 24.3 Å². The summed E-state index contributed by atoms with van der Waals surface area (Å²) in [5.74, 6) is 12.6. The number of hydrogen-bond donors (Lipinski definition) is 4. The number of imidazole rings is 2. The molecule has 0 spiro atoms. The van der Waals surface area contributed by atoms with Gasteiger partial charge in [0, 0.05) is 18.7 Å². The van der Waals surface area contributed by atoms with Crippen molar-refractivity contribution in [2.75, 3.05) is 27.3 Å². The number of likely N-dealkylation sites (tertiary alicyclic amines) is 2. The quantitative estimate of drug-likeness (QED) is 0.216. The number of nitrogens with one attached hydrogen (secondary N) is 4. The zero-order valence-corrected chi connectivity index (χ0v) is 32.9. The molecule has 1 aromatic carbocycles. The summed E-state index contributed by atoms with van der Waals surface area (Å²) in [4.78, 5) is 69.8. The van der Waals surface area contributed by atoms with Crippen LogP contribution in [-0.4, -0.2) is 93.1 Å². The average molecular weight is 784 g/mol. The lowest BCUT2D eigenvalue weighted by Crippen LogP contribution is -2.51. The lowest BCUT2D eigenvalue weighted by molar-refractivity contribution is -0.136. The van der Waals surface area contributed by atoms with Crippen molar-refractivity contribution in [2.45, 2.75) is 77.5 Å². The molecule has 2 aromatic heterocycles. The number of ether oxygens (including phenoxy) is 2. The topological polar surface area (TPSA) is 175 Å². The van der Waals surface area contributed by atoms with Gasteiger partial charge in [-0.1, -0.05) is 45.7 Å². The zero-order valence-electron chi connectivity index (χ0n) is 31.2. The first kappa shape index (κ1) is 43.2. The van der Waals surface area contributed by atoms with E-state index in [2.05, 4.69) is 54.3 Å². The molecular weight excluding hydrogens is 735 g/mol. The molecule has 3 aromatic rings. The number of benzene rings is 1. The number of alkyl carbamates (subject to hydrolysis) is 2. The normalized spacial score (nSPS) is 17.2. The third kappa shape index (κ3) is 10.3. The van der Waals surface area contributed by atoms with Gasteiger partial charge in [-0.05, 0) is 73.0 Å². The number of amides is 4. The maximum absolute atomic E-state index is 13.4. The molecule has 54 heavy (non-hydrogen) atoms. The van der Waals surface area contributed by atoms with E-state index in [0.29, 0.717) is 30.4 Å². The molecule has 0 saturated carbocycles. The first-order chi connectivity index (χ1) is 25.0. The zero-order chi connectivity index (χ0) is 37.4. The molecule has 2 fully saturated rings. The van der Waals surface area contributed by atoms with Crippen LogP contribution < -0.4 is 10.6 Å². The van der Waals surface area contributed by atoms with Gasteiger partial charge in [0.1, 0.15) is 29.4 Å². The number of hydrogen-bond acceptors (Lipinski definition) is 8. The van der Waals surface area contributed by atoms with Gasteiger partial charge in [-0.2, -0.15) is 0 Å². The van der Waals surface area contributed by atoms with E-state index >= 15 is 0 Å². The van der Waals surface area contributed by atoms with Crippen LogP contribution in [0.1, 0.15) is 88.4 Å². The van der Waals surface area contributed by atoms with Gasteiger partial charge in [-0.15, -0.1) is 24.8 Å². The Bertz CT molecular complexity index is 1890. The molecule has 4 atom stereocenters. The molecule has 2 saturated heterocycles. The molecule has 2 aliphatic rings. The monoisotopic (exact) mass is 782 g/mol. The molecule has 4 N–H and O–H groups in total. The van der Waals surface area contributed by atoms with Gasteiger partial charge in [-0.3, -0.25) is 9.59 Å². The predicted molar refractivity (Wildman–Crippen MR) is 207 cm³/mol. The van der Waals surface area contributed by atoms with Gasteiger partial charge < -0.3 is 39.9 Å². The van der Waals surface area contributed by atoms with Crippen LogP contribution in [0.15, 0.2) is 36.7 Å². The van der Waals surface area contributed by atoms with Crippen LogP contribution in [0.5, 0.6) is 0 Å². The highest BCUT2D eigenvalue weighted by Gasteiger charge is 2.38. The van der Waals surface area contributed by atoms with E-state index in [0.717, 1.165) is 42.5 Å². The second kappa shape index (κ2) is 19.8. The van der Waals surface area contributed by atoms with Gasteiger partial charge in [-0.25, -0.2) is 19.6 Å². The fourth-order valence-electron chi connectivity index (χ4n) is 6.54. The fraction of sp³-hybridized carbons (Fsp3) is 0.474. The number of H-pyrrole nitrogens is 2. The number of methoxy groups -OCH3 is 2. The molecule has 16 heteroatoms. The number of carbonyl (C=O) groups is 4. The van der Waals surface area contributed by atoms with Crippen LogP contribution in [0.4, 0.5) is 9.59 Å². The van der Waals surface area contributed by atoms with Gasteiger partial charge >= 0.3 is 12.2 Å². The molecule has 0 unspecified atom stereocenters. The first-order valence-corrected chi connectivity index (χ1v) is 17.5. The standard InChI is InChI=1S/C38H46N8O6.2ClH/c1-23(2)31(43-37(49)51-5)35(47)45-19-9-13-29(45)33-39-21-27(41-33)12-8-7-11-25-15-17-26(18-16-25)28-22-40-34(42-28)30-14-10-20-46(30)36(48)32(24(3)4)44-38(50)52-6;;/h15-18,21-24,29-32H,9-10,13-14,19-20H2,1-6H3,(H,39,41)(H,40,42)(H,43,49)(H,44,50);2*1H/t29-,30-,31-,32+;;/m0../s1. The van der Waals surface area contributed by atoms with Crippen molar-refractivity contribution >= 4 is 48.8 Å². The number of carbonyl (C=O) groups excluding carboxylic acids is 4. The van der Waals surface area contributed by atoms with Crippen LogP contribution in [0.25, 0.3) is 11.3 Å². The summed E-state index contributed by atoms with van der Waals surface area (Å²) in [6.07, 6.45) is 5.30. The summed E-state index contributed by atoms with van der Waals surface area (Å²) >= 11 is 0. The van der Waals surface area contributed by atoms with E-state index in [9.17, 15) is 19.2 Å². The lowest BCUT2D eigenvalue weighted by Gasteiger charge is -2.30. The fourth-order valence-corrected chi connectivity index (χ4v) is 6.54. The summed E-state index contributed by atoms with van der Waals surface area (Å²) in [7, 11) is 2.55. The minimum atomic E-state index is -0.703. The maximum Gasteiger partial charge on any atom is 0.407 e. The molecule has 0 bridgehead atoms. The van der Waals surface area contributed by atoms with Gasteiger partial charge in [0.25, 0.3) is 0 Å². The van der Waals surface area contributed by atoms with Crippen molar-refractivity contribution in [3.8, 4) is 34.9 Å². The van der Waals surface area contributed by atoms with Crippen molar-refractivity contribution in [3.63, 3.8) is 0 Å². The number of halogens is 2. The molecule has 290 valence electrons. The average Bonchev–Trinajstić information content (AvgIpc) is 3.97. The highest BCUT2D eigenvalue weighted by atomic mass is 35.5. The summed E-state index contributed by atoms with van der Waals surface area (Å²) in [6.45, 7) is 8.68. The predicted octanol–water partition coefficient (Wildman–Crippen LogP) is 5.13. The Morgan fingerprint density at radius 2 is 1.22 bits per heavy atom. The summed E-state index contributed by atoms with van der Waals surface area (Å²) in [5, 5.41) is 5.33. The van der Waals surface area contributed by atoms with Crippen molar-refractivity contribution in [1.29, 1.82) is 0 Å². The minimum absolute atomic E-state index is 0. The number of aromatic amines is 2. The van der Waals surface area contributed by atoms with Crippen molar-refractivity contribution in [2.24, 2.45) is 11.8 Å². The lowest BCUT2D eigenvalue weighted by atomic mass is 10.0. The maximum atomic E-state index is 13.4. The summed E-state index contributed by atoms with van der Waals surface area (Å²) < 4.78 is 9.44. The third-order valence-electron chi connectivity index (χ3n) is 9.34. The van der Waals surface area contributed by atoms with Crippen molar-refractivity contribution < 1.29 is 28.7 Å². The molecule has 0 radical (unpaired) electrons. The molecule has 4 amide bonds. The second-order valence-electron chi connectivity index (χ2n) is 13.5. The third-order valence-corrected chi connectivity index (χ3v) is 9.34. The number of aromatic nitrogens is 4. The largest absolute Gasteiger partial charge is 0.453 e. The van der Waals surface area contributed by atoms with E-state index in [4.69, 9.17) is 9.47 Å². The SMILES string of the molecule is COC(=O)N[C@H](C(=O)N1CCC[C@H]1c1ncc(C#CC#Cc2ccc(-c3cnc([C@@H]4CCCN4C(=O)[C@H](NC(=O)OC)C(C)C)[nH]3)cc2)[nH]1)C(C)C.Cl.Cl. The van der Waals surface area contributed by atoms with Crippen LogP contribution in [0.2, 0.25) is 0 Å². The first-order valence-electron chi connectivity index (χ1n) is 17.5. The van der Waals surface area contributed by atoms with Crippen LogP contribution >= 0.6 is 24.8 Å². The number of rotatable bonds is 9. The van der Waals surface area contributed by atoms with Crippen molar-refractivity contribution in [3.05, 3.63) is 59.6 Å². The number of nitrogens with zero attached hydrogens (tertiary/aromatic N) is 4. The Labute approximate surface area is 328 Å². The summed E-state index contributed by atoms with van der Waals surface area (Å²) in [5.41, 5.74) is 3.11. The van der Waals surface area contributed by atoms with E-state index in [-0.39, 0.29) is 60.5 Å². The van der Waals surface area contributed by atoms with Gasteiger partial charge in [0.15, 0.2) is 0 Å². The Morgan fingerprint density at radius 3 is 1.72 bits per heavy atom. The van der Waals surface area contributed by atoms with Gasteiger partial charge in [0.2, 0.25) is 11.8 Å². The van der Waals surface area contributed by atoms with E-state index in [1.54, 1.807) is 22.2 Å². The molecule has 0 aliphatic carbocycles. The van der Waals surface area contributed by atoms with E-state index in [1.807, 2.05) is 52.0 Å². The Kier molecular flexibility index (Phi) is 15.8. The van der Waals surface area contributed by atoms with Crippen LogP contribution in [0.3, 0.4) is 0 Å². The second-order valence-corrected chi connectivity index (χ2v) is 13.5. The van der Waals surface area contributed by atoms with Crippen molar-refractivity contribution in [1.82, 2.24) is 40.4 Å². The molecular formula is C38H48Cl2N8O6. The molecule has 14 nitrogen and oxygen atoms in total. The minimum Gasteiger partial charge on any atom is -0.453 e. The Balaban J connectivity index is 0.00000392. The van der Waals surface area contributed by atoms with Crippen LogP contribution in [0, 0.1) is 35.5 Å². The summed E-state index contributed by atoms with van der Waals surface area (Å²) in [6, 6.07) is 5.84. The highest BCUT2D eigenvalue weighted by Crippen LogP contribution is 2.33.